The molecule has 3 heterocycles. The maximum Gasteiger partial charge on any atom is 0.297 e. The van der Waals surface area contributed by atoms with Crippen molar-refractivity contribution in [2.24, 2.45) is 17.1 Å². The number of nitro benzene ring substituents is 1. The van der Waals surface area contributed by atoms with Gasteiger partial charge >= 0.3 is 0 Å². The fourth-order valence-corrected chi connectivity index (χ4v) is 5.56. The molecule has 0 aliphatic carbocycles. The Bertz CT molecular complexity index is 2100. The molecule has 214 valence electrons. The summed E-state index contributed by atoms with van der Waals surface area (Å²) in [5.41, 5.74) is 5.13. The second kappa shape index (κ2) is 11.3. The van der Waals surface area contributed by atoms with E-state index in [-0.39, 0.29) is 16.9 Å². The number of benzene rings is 3. The highest BCUT2D eigenvalue weighted by Crippen LogP contribution is 2.26. The smallest absolute Gasteiger partial charge is 0.297 e. The van der Waals surface area contributed by atoms with Crippen LogP contribution >= 0.6 is 11.3 Å². The summed E-state index contributed by atoms with van der Waals surface area (Å²) in [5.74, 6) is 0. The van der Waals surface area contributed by atoms with Crippen LogP contribution in [-0.4, -0.2) is 34.2 Å². The van der Waals surface area contributed by atoms with Crippen LogP contribution in [0.1, 0.15) is 18.2 Å². The number of hydrogen-bond acceptors (Lipinski definition) is 7. The molecule has 0 bridgehead atoms. The molecule has 0 amide bonds. The molecular weight excluding hydrogens is 564 g/mol. The van der Waals surface area contributed by atoms with Gasteiger partial charge in [0.1, 0.15) is 0 Å². The van der Waals surface area contributed by atoms with Crippen LogP contribution in [0.2, 0.25) is 0 Å². The Labute approximate surface area is 249 Å². The number of rotatable bonds is 7. The van der Waals surface area contributed by atoms with Crippen molar-refractivity contribution < 1.29 is 4.92 Å². The van der Waals surface area contributed by atoms with Gasteiger partial charge in [-0.05, 0) is 43.7 Å². The summed E-state index contributed by atoms with van der Waals surface area (Å²) in [6.07, 6.45) is 5.32. The normalized spacial score (nSPS) is 12.2. The van der Waals surface area contributed by atoms with Gasteiger partial charge in [0, 0.05) is 48.2 Å². The van der Waals surface area contributed by atoms with E-state index in [2.05, 4.69) is 4.98 Å². The van der Waals surface area contributed by atoms with Crippen molar-refractivity contribution in [1.82, 2.24) is 23.6 Å². The summed E-state index contributed by atoms with van der Waals surface area (Å²) < 4.78 is 6.89. The minimum atomic E-state index is -0.429. The van der Waals surface area contributed by atoms with Crippen molar-refractivity contribution in [2.75, 3.05) is 0 Å². The predicted octanol–water partition coefficient (Wildman–Crippen LogP) is 5.61. The van der Waals surface area contributed by atoms with Crippen LogP contribution < -0.4 is 10.4 Å². The molecule has 0 saturated heterocycles. The van der Waals surface area contributed by atoms with Gasteiger partial charge in [0.05, 0.1) is 34.0 Å². The van der Waals surface area contributed by atoms with E-state index in [1.807, 2.05) is 91.6 Å². The molecular formula is C31H26N8O3S. The molecule has 11 nitrogen and oxygen atoms in total. The van der Waals surface area contributed by atoms with Crippen LogP contribution in [0.25, 0.3) is 22.6 Å². The molecule has 3 aromatic heterocycles. The van der Waals surface area contributed by atoms with Crippen LogP contribution in [-0.2, 0) is 7.05 Å². The fourth-order valence-electron chi connectivity index (χ4n) is 4.72. The van der Waals surface area contributed by atoms with E-state index in [1.165, 1.54) is 23.5 Å². The summed E-state index contributed by atoms with van der Waals surface area (Å²) >= 11 is 1.30. The molecule has 0 radical (unpaired) electrons. The van der Waals surface area contributed by atoms with Crippen LogP contribution in [0.4, 0.5) is 11.4 Å². The molecule has 0 unspecified atom stereocenters. The maximum atomic E-state index is 13.6. The third-order valence-electron chi connectivity index (χ3n) is 7.11. The first-order chi connectivity index (χ1) is 20.8. The number of non-ortho nitro benzene ring substituents is 1. The number of para-hydroxylation sites is 1. The van der Waals surface area contributed by atoms with Crippen molar-refractivity contribution in [2.45, 2.75) is 13.8 Å². The summed E-state index contributed by atoms with van der Waals surface area (Å²) in [7, 11) is 1.81. The van der Waals surface area contributed by atoms with Crippen LogP contribution in [0.5, 0.6) is 0 Å². The zero-order valence-electron chi connectivity index (χ0n) is 23.5. The van der Waals surface area contributed by atoms with E-state index in [9.17, 15) is 14.9 Å². The Morgan fingerprint density at radius 3 is 2.47 bits per heavy atom. The van der Waals surface area contributed by atoms with Crippen molar-refractivity contribution >= 4 is 28.4 Å². The van der Waals surface area contributed by atoms with Crippen LogP contribution in [0, 0.1) is 17.0 Å². The lowest BCUT2D eigenvalue weighted by atomic mass is 10.1. The van der Waals surface area contributed by atoms with Gasteiger partial charge in [-0.3, -0.25) is 19.6 Å². The van der Waals surface area contributed by atoms with Gasteiger partial charge in [0.15, 0.2) is 5.69 Å². The molecule has 0 atom stereocenters. The standard InChI is InChI=1S/C31H26N8O3S/c1-21(23-12-14-25(15-13-23)36-17-16-32-20-36)34-37-28(24-8-7-11-27(18-24)39(41)42)19-43-31(37)33-29-22(2)35(3)38(30(29)40)26-9-5-4-6-10-26/h4-20H,1-3H3. The average molecular weight is 591 g/mol. The monoisotopic (exact) mass is 590 g/mol. The highest BCUT2D eigenvalue weighted by atomic mass is 32.1. The number of thiazole rings is 1. The molecule has 0 fully saturated rings. The number of aromatic nitrogens is 5. The van der Waals surface area contributed by atoms with Crippen LogP contribution in [0.15, 0.2) is 118 Å². The molecule has 0 aliphatic rings. The van der Waals surface area contributed by atoms with E-state index in [1.54, 1.807) is 38.7 Å². The van der Waals surface area contributed by atoms with Gasteiger partial charge in [0.2, 0.25) is 4.80 Å². The second-order valence-electron chi connectivity index (χ2n) is 9.75. The molecule has 0 N–H and O–H groups in total. The first-order valence-corrected chi connectivity index (χ1v) is 14.2. The molecule has 3 aromatic carbocycles. The quantitative estimate of drug-likeness (QED) is 0.136. The lowest BCUT2D eigenvalue weighted by Gasteiger charge is -2.08. The average Bonchev–Trinajstić information content (AvgIpc) is 3.75. The highest BCUT2D eigenvalue weighted by Gasteiger charge is 2.18. The third kappa shape index (κ3) is 5.26. The second-order valence-corrected chi connectivity index (χ2v) is 10.6. The zero-order chi connectivity index (χ0) is 30.1. The Hall–Kier alpha value is -5.62. The minimum absolute atomic E-state index is 0.0332. The summed E-state index contributed by atoms with van der Waals surface area (Å²) in [6, 6.07) is 23.6. The molecule has 6 aromatic rings. The summed E-state index contributed by atoms with van der Waals surface area (Å²) in [5, 5.41) is 18.3. The van der Waals surface area contributed by atoms with Gasteiger partial charge in [-0.2, -0.15) is 5.10 Å². The van der Waals surface area contributed by atoms with E-state index >= 15 is 0 Å². The lowest BCUT2D eigenvalue weighted by molar-refractivity contribution is -0.384. The number of hydrogen-bond donors (Lipinski definition) is 0. The van der Waals surface area contributed by atoms with Gasteiger partial charge < -0.3 is 4.57 Å². The Morgan fingerprint density at radius 2 is 1.77 bits per heavy atom. The molecule has 43 heavy (non-hydrogen) atoms. The topological polar surface area (TPSA) is 118 Å². The molecule has 6 rings (SSSR count). The highest BCUT2D eigenvalue weighted by molar-refractivity contribution is 7.07. The van der Waals surface area contributed by atoms with Crippen molar-refractivity contribution in [3.8, 4) is 22.6 Å². The predicted molar refractivity (Wildman–Crippen MR) is 167 cm³/mol. The van der Waals surface area contributed by atoms with Crippen LogP contribution in [0.3, 0.4) is 0 Å². The van der Waals surface area contributed by atoms with E-state index in [0.717, 1.165) is 16.9 Å². The van der Waals surface area contributed by atoms with Gasteiger partial charge in [-0.1, -0.05) is 42.5 Å². The van der Waals surface area contributed by atoms with Gasteiger partial charge in [-0.25, -0.2) is 19.3 Å². The minimum Gasteiger partial charge on any atom is -0.306 e. The van der Waals surface area contributed by atoms with E-state index in [0.29, 0.717) is 27.5 Å². The SMILES string of the molecule is CC(=Nn1c(-c2cccc([N+](=O)[O-])c2)csc1=Nc1c(C)n(C)n(-c2ccccc2)c1=O)c1ccc(-n2ccnc2)cc1. The number of nitro groups is 1. The molecule has 12 heteroatoms. The maximum absolute atomic E-state index is 13.6. The molecule has 0 spiro atoms. The zero-order valence-corrected chi connectivity index (χ0v) is 24.3. The Morgan fingerprint density at radius 1 is 1.00 bits per heavy atom. The number of imidazole rings is 1. The van der Waals surface area contributed by atoms with Gasteiger partial charge in [-0.15, -0.1) is 11.3 Å². The lowest BCUT2D eigenvalue weighted by Crippen LogP contribution is -2.20. The summed E-state index contributed by atoms with van der Waals surface area (Å²) in [6.45, 7) is 3.73. The Kier molecular flexibility index (Phi) is 7.26. The first kappa shape index (κ1) is 27.5. The van der Waals surface area contributed by atoms with Crippen molar-refractivity contribution in [1.29, 1.82) is 0 Å². The van der Waals surface area contributed by atoms with Crippen molar-refractivity contribution in [3.05, 3.63) is 139 Å². The van der Waals surface area contributed by atoms with Crippen molar-refractivity contribution in [3.63, 3.8) is 0 Å². The summed E-state index contributed by atoms with van der Waals surface area (Å²) in [4.78, 5) is 34.1. The fraction of sp³-hybridized carbons (Fsp3) is 0.0968. The molecule has 0 saturated carbocycles. The number of nitrogens with zero attached hydrogens (tertiary/aromatic N) is 8. The molecule has 0 aliphatic heterocycles. The third-order valence-corrected chi connectivity index (χ3v) is 7.92. The first-order valence-electron chi connectivity index (χ1n) is 13.3. The Balaban J connectivity index is 1.52. The van der Waals surface area contributed by atoms with Gasteiger partial charge in [0.25, 0.3) is 11.2 Å². The largest absolute Gasteiger partial charge is 0.306 e. The van der Waals surface area contributed by atoms with E-state index < -0.39 is 4.92 Å². The van der Waals surface area contributed by atoms with E-state index in [4.69, 9.17) is 10.1 Å².